The van der Waals surface area contributed by atoms with E-state index in [0.29, 0.717) is 5.56 Å². The summed E-state index contributed by atoms with van der Waals surface area (Å²) in [5, 5.41) is 18.0. The third-order valence-corrected chi connectivity index (χ3v) is 2.94. The Morgan fingerprint density at radius 2 is 1.88 bits per heavy atom. The normalized spacial score (nSPS) is 9.88. The first kappa shape index (κ1) is 15.2. The van der Waals surface area contributed by atoms with Gasteiger partial charge in [-0.25, -0.2) is 14.3 Å². The number of aromatic amines is 1. The number of halogens is 1. The van der Waals surface area contributed by atoms with E-state index < -0.39 is 17.5 Å². The number of nitrogens with zero attached hydrogens (tertiary/aromatic N) is 2. The number of carboxylic acids is 1. The molecule has 2 N–H and O–H groups in total. The molecule has 118 valence electrons. The molecule has 0 aliphatic heterocycles. The van der Waals surface area contributed by atoms with Crippen molar-refractivity contribution in [1.82, 2.24) is 15.4 Å². The summed E-state index contributed by atoms with van der Waals surface area (Å²) in [4.78, 5) is 11.0. The summed E-state index contributed by atoms with van der Waals surface area (Å²) >= 11 is 0. The molecule has 1 aromatic heterocycles. The van der Waals surface area contributed by atoms with Gasteiger partial charge in [-0.2, -0.15) is 0 Å². The fraction of sp³-hybridized carbons (Fsp3) is 0. The van der Waals surface area contributed by atoms with Crippen LogP contribution in [0.25, 0.3) is 0 Å². The Morgan fingerprint density at radius 1 is 1.12 bits per heavy atom. The van der Waals surface area contributed by atoms with Crippen molar-refractivity contribution in [3.63, 3.8) is 0 Å². The van der Waals surface area contributed by atoms with Gasteiger partial charge in [-0.15, -0.1) is 5.10 Å². The third-order valence-electron chi connectivity index (χ3n) is 2.94. The van der Waals surface area contributed by atoms with Crippen molar-refractivity contribution in [2.45, 2.75) is 0 Å². The van der Waals surface area contributed by atoms with E-state index in [1.165, 1.54) is 12.1 Å². The smallest absolute Gasteiger partial charge is 0.362 e. The predicted octanol–water partition coefficient (Wildman–Crippen LogP) is 2.83. The van der Waals surface area contributed by atoms with Crippen LogP contribution in [0.3, 0.4) is 0 Å². The first-order chi connectivity index (χ1) is 11.6. The molecule has 24 heavy (non-hydrogen) atoms. The van der Waals surface area contributed by atoms with Gasteiger partial charge < -0.3 is 9.84 Å². The van der Waals surface area contributed by atoms with Gasteiger partial charge in [0, 0.05) is 17.2 Å². The van der Waals surface area contributed by atoms with Crippen LogP contribution in [0.2, 0.25) is 0 Å². The molecule has 0 amide bonds. The van der Waals surface area contributed by atoms with Gasteiger partial charge in [-0.1, -0.05) is 35.3 Å². The van der Waals surface area contributed by atoms with E-state index in [9.17, 15) is 9.18 Å². The van der Waals surface area contributed by atoms with Crippen LogP contribution in [0.5, 0.6) is 11.6 Å². The second-order valence-electron chi connectivity index (χ2n) is 4.69. The molecule has 0 spiro atoms. The van der Waals surface area contributed by atoms with Crippen molar-refractivity contribution in [1.29, 1.82) is 0 Å². The lowest BCUT2D eigenvalue weighted by atomic mass is 10.1. The zero-order valence-corrected chi connectivity index (χ0v) is 12.2. The fourth-order valence-corrected chi connectivity index (χ4v) is 1.91. The fourth-order valence-electron chi connectivity index (χ4n) is 1.91. The van der Waals surface area contributed by atoms with E-state index in [0.717, 1.165) is 11.6 Å². The van der Waals surface area contributed by atoms with Crippen molar-refractivity contribution in [3.05, 3.63) is 71.2 Å². The Bertz CT molecular complexity index is 942. The summed E-state index contributed by atoms with van der Waals surface area (Å²) in [7, 11) is 0. The Labute approximate surface area is 135 Å². The highest BCUT2D eigenvalue weighted by Gasteiger charge is 2.17. The van der Waals surface area contributed by atoms with Gasteiger partial charge in [0.05, 0.1) is 0 Å². The van der Waals surface area contributed by atoms with E-state index in [1.807, 2.05) is 30.3 Å². The Hall–Kier alpha value is -3.66. The van der Waals surface area contributed by atoms with E-state index in [2.05, 4.69) is 27.3 Å². The average Bonchev–Trinajstić information content (AvgIpc) is 3.02. The lowest BCUT2D eigenvalue weighted by molar-refractivity contribution is 0.0687. The number of benzene rings is 2. The Balaban J connectivity index is 1.88. The van der Waals surface area contributed by atoms with Crippen LogP contribution in [0, 0.1) is 17.7 Å². The zero-order valence-electron chi connectivity index (χ0n) is 12.2. The molecule has 0 saturated carbocycles. The molecule has 1 heterocycles. The van der Waals surface area contributed by atoms with E-state index in [4.69, 9.17) is 9.84 Å². The third kappa shape index (κ3) is 3.56. The Morgan fingerprint density at radius 3 is 2.62 bits per heavy atom. The second-order valence-corrected chi connectivity index (χ2v) is 4.69. The maximum atomic E-state index is 13.7. The van der Waals surface area contributed by atoms with E-state index in [-0.39, 0.29) is 11.6 Å². The van der Waals surface area contributed by atoms with Gasteiger partial charge >= 0.3 is 5.97 Å². The van der Waals surface area contributed by atoms with Gasteiger partial charge in [-0.05, 0) is 24.3 Å². The van der Waals surface area contributed by atoms with E-state index >= 15 is 0 Å². The maximum absolute atomic E-state index is 13.7. The maximum Gasteiger partial charge on any atom is 0.362 e. The molecule has 0 bridgehead atoms. The van der Waals surface area contributed by atoms with Crippen LogP contribution in [0.1, 0.15) is 21.6 Å². The number of carbonyl (C=O) groups is 1. The minimum Gasteiger partial charge on any atom is -0.476 e. The average molecular weight is 323 g/mol. The number of hydrogen-bond donors (Lipinski definition) is 2. The highest BCUT2D eigenvalue weighted by molar-refractivity contribution is 5.87. The van der Waals surface area contributed by atoms with Crippen molar-refractivity contribution >= 4 is 5.97 Å². The number of rotatable bonds is 3. The lowest BCUT2D eigenvalue weighted by Crippen LogP contribution is -2.00. The zero-order chi connectivity index (χ0) is 16.9. The molecule has 0 fully saturated rings. The van der Waals surface area contributed by atoms with Crippen LogP contribution >= 0.6 is 0 Å². The standard InChI is InChI=1S/C17H10FN3O3/c18-13-8-12(7-6-11-4-2-1-3-5-11)9-14(10-13)24-16-15(17(22)23)19-21-20-16/h1-5,8-10H,(H,22,23)(H,19,20,21). The van der Waals surface area contributed by atoms with Crippen LogP contribution in [0.15, 0.2) is 48.5 Å². The van der Waals surface area contributed by atoms with Gasteiger partial charge in [0.15, 0.2) is 0 Å². The minimum absolute atomic E-state index is 0.0842. The molecule has 0 saturated heterocycles. The molecule has 3 rings (SSSR count). The summed E-state index contributed by atoms with van der Waals surface area (Å²) in [6, 6.07) is 13.1. The Kier molecular flexibility index (Phi) is 4.21. The van der Waals surface area contributed by atoms with Gasteiger partial charge in [0.2, 0.25) is 5.69 Å². The molecule has 7 heteroatoms. The van der Waals surface area contributed by atoms with Crippen LogP contribution in [-0.2, 0) is 0 Å². The van der Waals surface area contributed by atoms with Gasteiger partial charge in [0.1, 0.15) is 11.6 Å². The monoisotopic (exact) mass is 323 g/mol. The van der Waals surface area contributed by atoms with E-state index in [1.54, 1.807) is 0 Å². The number of H-pyrrole nitrogens is 1. The molecule has 6 nitrogen and oxygen atoms in total. The highest BCUT2D eigenvalue weighted by atomic mass is 19.1. The molecule has 0 unspecified atom stereocenters. The molecule has 0 atom stereocenters. The molecule has 2 aromatic carbocycles. The number of ether oxygens (including phenoxy) is 1. The van der Waals surface area contributed by atoms with Crippen LogP contribution in [0.4, 0.5) is 4.39 Å². The quantitative estimate of drug-likeness (QED) is 0.724. The summed E-state index contributed by atoms with van der Waals surface area (Å²) in [6.07, 6.45) is 0. The largest absolute Gasteiger partial charge is 0.476 e. The van der Waals surface area contributed by atoms with Gasteiger partial charge in [-0.3, -0.25) is 0 Å². The summed E-state index contributed by atoms with van der Waals surface area (Å²) in [5.74, 6) is 3.77. The van der Waals surface area contributed by atoms with Crippen molar-refractivity contribution in [2.75, 3.05) is 0 Å². The SMILES string of the molecule is O=C(O)c1nn[nH]c1Oc1cc(F)cc(C#Cc2ccccc2)c1. The number of hydrogen-bond acceptors (Lipinski definition) is 4. The van der Waals surface area contributed by atoms with Gasteiger partial charge in [0.25, 0.3) is 5.88 Å². The van der Waals surface area contributed by atoms with Crippen LogP contribution in [-0.4, -0.2) is 26.5 Å². The highest BCUT2D eigenvalue weighted by Crippen LogP contribution is 2.23. The first-order valence-corrected chi connectivity index (χ1v) is 6.81. The molecule has 0 aliphatic rings. The van der Waals surface area contributed by atoms with Crippen molar-refractivity contribution in [2.24, 2.45) is 0 Å². The lowest BCUT2D eigenvalue weighted by Gasteiger charge is -2.04. The predicted molar refractivity (Wildman–Crippen MR) is 82.2 cm³/mol. The molecule has 0 aliphatic carbocycles. The number of aromatic carboxylic acids is 1. The number of aromatic nitrogens is 3. The van der Waals surface area contributed by atoms with Crippen molar-refractivity contribution < 1.29 is 19.0 Å². The topological polar surface area (TPSA) is 88.1 Å². The molecule has 3 aromatic rings. The molecular weight excluding hydrogens is 313 g/mol. The number of nitrogens with one attached hydrogen (secondary N) is 1. The first-order valence-electron chi connectivity index (χ1n) is 6.81. The summed E-state index contributed by atoms with van der Waals surface area (Å²) in [5.41, 5.74) is 0.782. The minimum atomic E-state index is -1.31. The number of carboxylic acid groups (broad SMARTS) is 1. The summed E-state index contributed by atoms with van der Waals surface area (Å²) < 4.78 is 19.1. The van der Waals surface area contributed by atoms with Crippen LogP contribution < -0.4 is 4.74 Å². The summed E-state index contributed by atoms with van der Waals surface area (Å²) in [6.45, 7) is 0. The second kappa shape index (κ2) is 6.62. The molecular formula is C17H10FN3O3. The molecule has 0 radical (unpaired) electrons. The van der Waals surface area contributed by atoms with Crippen molar-refractivity contribution in [3.8, 4) is 23.5 Å².